The summed E-state index contributed by atoms with van der Waals surface area (Å²) >= 11 is 3.51. The zero-order chi connectivity index (χ0) is 24.3. The number of hydrogen-bond donors (Lipinski definition) is 1. The second-order valence-electron chi connectivity index (χ2n) is 8.32. The van der Waals surface area contributed by atoms with Gasteiger partial charge in [0.25, 0.3) is 15.9 Å². The summed E-state index contributed by atoms with van der Waals surface area (Å²) in [6.45, 7) is 4.56. The number of nitrogens with one attached hydrogen (secondary N) is 1. The molecule has 0 spiro atoms. The van der Waals surface area contributed by atoms with Gasteiger partial charge in [-0.3, -0.25) is 9.10 Å². The number of anilines is 2. The maximum Gasteiger partial charge on any atom is 0.264 e. The van der Waals surface area contributed by atoms with Crippen molar-refractivity contribution in [2.75, 3.05) is 22.8 Å². The van der Waals surface area contributed by atoms with Gasteiger partial charge >= 0.3 is 0 Å². The van der Waals surface area contributed by atoms with Gasteiger partial charge in [0.1, 0.15) is 5.75 Å². The second-order valence-corrected chi connectivity index (χ2v) is 11.0. The first-order valence-electron chi connectivity index (χ1n) is 11.2. The van der Waals surface area contributed by atoms with Crippen LogP contribution in [0.15, 0.2) is 76.1 Å². The highest BCUT2D eigenvalue weighted by atomic mass is 79.9. The highest BCUT2D eigenvalue weighted by Crippen LogP contribution is 2.33. The van der Waals surface area contributed by atoms with Crippen molar-refractivity contribution in [3.8, 4) is 5.75 Å². The minimum Gasteiger partial charge on any atom is -0.483 e. The van der Waals surface area contributed by atoms with Crippen LogP contribution in [0.3, 0.4) is 0 Å². The van der Waals surface area contributed by atoms with Gasteiger partial charge in [-0.15, -0.1) is 0 Å². The summed E-state index contributed by atoms with van der Waals surface area (Å²) in [5.74, 6) is 0.706. The van der Waals surface area contributed by atoms with E-state index in [1.165, 1.54) is 22.0 Å². The fourth-order valence-electron chi connectivity index (χ4n) is 3.91. The van der Waals surface area contributed by atoms with E-state index >= 15 is 0 Å². The summed E-state index contributed by atoms with van der Waals surface area (Å²) < 4.78 is 34.1. The normalized spacial score (nSPS) is 13.9. The molecule has 1 aliphatic heterocycles. The van der Waals surface area contributed by atoms with Gasteiger partial charge in [0.05, 0.1) is 15.1 Å². The van der Waals surface area contributed by atoms with Gasteiger partial charge in [0.2, 0.25) is 0 Å². The van der Waals surface area contributed by atoms with E-state index in [9.17, 15) is 13.2 Å². The zero-order valence-electron chi connectivity index (χ0n) is 19.1. The summed E-state index contributed by atoms with van der Waals surface area (Å²) in [5.41, 5.74) is 3.45. The number of sulfonamides is 1. The zero-order valence-corrected chi connectivity index (χ0v) is 21.5. The molecule has 0 fully saturated rings. The molecule has 34 heavy (non-hydrogen) atoms. The maximum absolute atomic E-state index is 13.1. The van der Waals surface area contributed by atoms with Crippen LogP contribution >= 0.6 is 15.9 Å². The molecule has 1 heterocycles. The number of halogens is 1. The largest absolute Gasteiger partial charge is 0.483 e. The average Bonchev–Trinajstić information content (AvgIpc) is 3.28. The van der Waals surface area contributed by atoms with Gasteiger partial charge in [-0.25, -0.2) is 8.42 Å². The molecule has 0 saturated carbocycles. The Bertz CT molecular complexity index is 1290. The van der Waals surface area contributed by atoms with Gasteiger partial charge in [-0.2, -0.15) is 0 Å². The van der Waals surface area contributed by atoms with Crippen molar-refractivity contribution >= 4 is 43.2 Å². The third kappa shape index (κ3) is 5.13. The molecule has 6 nitrogen and oxygen atoms in total. The Balaban J connectivity index is 1.37. The van der Waals surface area contributed by atoms with E-state index < -0.39 is 10.0 Å². The predicted molar refractivity (Wildman–Crippen MR) is 138 cm³/mol. The Hall–Kier alpha value is -2.84. The summed E-state index contributed by atoms with van der Waals surface area (Å²) in [6.07, 6.45) is 1.74. The van der Waals surface area contributed by atoms with Crippen LogP contribution < -0.4 is 14.4 Å². The maximum atomic E-state index is 13.1. The lowest BCUT2D eigenvalue weighted by Crippen LogP contribution is -2.29. The van der Waals surface area contributed by atoms with Crippen LogP contribution in [0.1, 0.15) is 37.3 Å². The Morgan fingerprint density at radius 2 is 1.85 bits per heavy atom. The quantitative estimate of drug-likeness (QED) is 0.394. The average molecular weight is 543 g/mol. The van der Waals surface area contributed by atoms with Gasteiger partial charge in [-0.1, -0.05) is 38.1 Å². The molecular formula is C26H27BrN2O4S. The van der Waals surface area contributed by atoms with E-state index in [0.717, 1.165) is 22.1 Å². The highest BCUT2D eigenvalue weighted by Gasteiger charge is 2.30. The molecule has 3 aromatic rings. The van der Waals surface area contributed by atoms with Gasteiger partial charge in [0.15, 0.2) is 6.61 Å². The fourth-order valence-corrected chi connectivity index (χ4v) is 5.93. The summed E-state index contributed by atoms with van der Waals surface area (Å²) in [7, 11) is -3.67. The van der Waals surface area contributed by atoms with E-state index in [2.05, 4.69) is 35.1 Å². The third-order valence-corrected chi connectivity index (χ3v) is 8.51. The standard InChI is InChI=1S/C26H27BrN2O4S/c1-3-18(2)20-8-13-25(23(27)16-20)33-17-26(30)28-21-9-11-22(12-10-21)34(31,32)29-15-14-19-6-4-5-7-24(19)29/h4-13,16,18H,3,14-15,17H2,1-2H3,(H,28,30). The summed E-state index contributed by atoms with van der Waals surface area (Å²) in [6, 6.07) is 19.6. The van der Waals surface area contributed by atoms with Crippen LogP contribution in [-0.4, -0.2) is 27.5 Å². The predicted octanol–water partition coefficient (Wildman–Crippen LogP) is 5.73. The van der Waals surface area contributed by atoms with Crippen LogP contribution in [-0.2, 0) is 21.2 Å². The number of benzene rings is 3. The minimum absolute atomic E-state index is 0.161. The minimum atomic E-state index is -3.67. The lowest BCUT2D eigenvalue weighted by molar-refractivity contribution is -0.118. The van der Waals surface area contributed by atoms with Gasteiger partial charge < -0.3 is 10.1 Å². The van der Waals surface area contributed by atoms with Crippen LogP contribution in [0, 0.1) is 0 Å². The van der Waals surface area contributed by atoms with Crippen molar-refractivity contribution in [1.82, 2.24) is 0 Å². The number of para-hydroxylation sites is 1. The number of ether oxygens (including phenoxy) is 1. The number of rotatable bonds is 8. The topological polar surface area (TPSA) is 75.7 Å². The van der Waals surface area contributed by atoms with Crippen molar-refractivity contribution < 1.29 is 17.9 Å². The van der Waals surface area contributed by atoms with E-state index in [-0.39, 0.29) is 17.4 Å². The van der Waals surface area contributed by atoms with Crippen molar-refractivity contribution in [3.05, 3.63) is 82.3 Å². The molecule has 1 atom stereocenters. The van der Waals surface area contributed by atoms with Crippen LogP contribution in [0.25, 0.3) is 0 Å². The molecular weight excluding hydrogens is 516 g/mol. The fraction of sp³-hybridized carbons (Fsp3) is 0.269. The molecule has 1 aliphatic rings. The molecule has 0 radical (unpaired) electrons. The Morgan fingerprint density at radius 3 is 2.56 bits per heavy atom. The Labute approximate surface area is 209 Å². The van der Waals surface area contributed by atoms with Crippen LogP contribution in [0.2, 0.25) is 0 Å². The van der Waals surface area contributed by atoms with Crippen molar-refractivity contribution in [2.45, 2.75) is 37.5 Å². The highest BCUT2D eigenvalue weighted by molar-refractivity contribution is 9.10. The lowest BCUT2D eigenvalue weighted by atomic mass is 9.99. The molecule has 1 unspecified atom stereocenters. The van der Waals surface area contributed by atoms with E-state index in [4.69, 9.17) is 4.74 Å². The summed E-state index contributed by atoms with van der Waals surface area (Å²) in [5, 5.41) is 2.75. The number of carbonyl (C=O) groups is 1. The number of carbonyl (C=O) groups excluding carboxylic acids is 1. The molecule has 178 valence electrons. The second kappa shape index (κ2) is 10.2. The van der Waals surface area contributed by atoms with E-state index in [1.54, 1.807) is 12.1 Å². The lowest BCUT2D eigenvalue weighted by Gasteiger charge is -2.19. The van der Waals surface area contributed by atoms with E-state index in [1.807, 2.05) is 42.5 Å². The van der Waals surface area contributed by atoms with Crippen molar-refractivity contribution in [1.29, 1.82) is 0 Å². The molecule has 0 bridgehead atoms. The molecule has 3 aromatic carbocycles. The van der Waals surface area contributed by atoms with Gasteiger partial charge in [0, 0.05) is 12.2 Å². The number of nitrogens with zero attached hydrogens (tertiary/aromatic N) is 1. The number of fused-ring (bicyclic) bond motifs is 1. The number of amides is 1. The van der Waals surface area contributed by atoms with Crippen molar-refractivity contribution in [2.24, 2.45) is 0 Å². The van der Waals surface area contributed by atoms with Gasteiger partial charge in [-0.05, 0) is 88.3 Å². The van der Waals surface area contributed by atoms with Crippen LogP contribution in [0.5, 0.6) is 5.75 Å². The smallest absolute Gasteiger partial charge is 0.264 e. The third-order valence-electron chi connectivity index (χ3n) is 6.07. The van der Waals surface area contributed by atoms with Crippen LogP contribution in [0.4, 0.5) is 11.4 Å². The number of hydrogen-bond acceptors (Lipinski definition) is 4. The molecule has 4 rings (SSSR count). The van der Waals surface area contributed by atoms with Crippen molar-refractivity contribution in [3.63, 3.8) is 0 Å². The molecule has 0 aliphatic carbocycles. The monoisotopic (exact) mass is 542 g/mol. The summed E-state index contributed by atoms with van der Waals surface area (Å²) in [4.78, 5) is 12.6. The van der Waals surface area contributed by atoms with E-state index in [0.29, 0.717) is 30.3 Å². The Kier molecular flexibility index (Phi) is 7.28. The molecule has 0 aromatic heterocycles. The first kappa shape index (κ1) is 24.3. The first-order chi connectivity index (χ1) is 16.3. The first-order valence-corrected chi connectivity index (χ1v) is 13.5. The Morgan fingerprint density at radius 1 is 1.12 bits per heavy atom. The SMILES string of the molecule is CCC(C)c1ccc(OCC(=O)Nc2ccc(S(=O)(=O)N3CCc4ccccc43)cc2)c(Br)c1. The molecule has 0 saturated heterocycles. The molecule has 1 amide bonds. The molecule has 1 N–H and O–H groups in total. The molecule has 8 heteroatoms.